The van der Waals surface area contributed by atoms with E-state index in [0.717, 1.165) is 24.8 Å². The number of carbonyl (C=O) groups excluding carboxylic acids is 1. The molecule has 4 nitrogen and oxygen atoms in total. The van der Waals surface area contributed by atoms with Gasteiger partial charge in [-0.25, -0.2) is 0 Å². The highest BCUT2D eigenvalue weighted by Crippen LogP contribution is 2.38. The summed E-state index contributed by atoms with van der Waals surface area (Å²) in [4.78, 5) is 14.0. The van der Waals surface area contributed by atoms with Gasteiger partial charge < -0.3 is 15.4 Å². The molecule has 1 aliphatic carbocycles. The first-order valence-electron chi connectivity index (χ1n) is 6.79. The van der Waals surface area contributed by atoms with Crippen molar-refractivity contribution in [1.29, 1.82) is 0 Å². The molecule has 0 bridgehead atoms. The number of hydrogen-bond donors (Lipinski definition) is 1. The lowest BCUT2D eigenvalue weighted by Gasteiger charge is -2.40. The number of methoxy groups -OCH3 is 1. The van der Waals surface area contributed by atoms with E-state index in [4.69, 9.17) is 22.1 Å². The van der Waals surface area contributed by atoms with E-state index in [1.807, 2.05) is 6.07 Å². The SMILES string of the molecule is COC1(CC(=O)N(C)Cc2cc(N)ccc2Cl)CCC1. The maximum absolute atomic E-state index is 12.3. The molecule has 20 heavy (non-hydrogen) atoms. The number of rotatable bonds is 5. The van der Waals surface area contributed by atoms with Crippen molar-refractivity contribution in [3.05, 3.63) is 28.8 Å². The summed E-state index contributed by atoms with van der Waals surface area (Å²) in [5.74, 6) is 0.0741. The minimum Gasteiger partial charge on any atom is -0.399 e. The van der Waals surface area contributed by atoms with Crippen LogP contribution in [0.5, 0.6) is 0 Å². The molecule has 1 fully saturated rings. The van der Waals surface area contributed by atoms with E-state index in [1.54, 1.807) is 31.2 Å². The summed E-state index contributed by atoms with van der Waals surface area (Å²) in [6.07, 6.45) is 3.48. The summed E-state index contributed by atoms with van der Waals surface area (Å²) in [5, 5.41) is 0.629. The van der Waals surface area contributed by atoms with E-state index in [0.29, 0.717) is 23.7 Å². The normalized spacial score (nSPS) is 16.6. The van der Waals surface area contributed by atoms with Gasteiger partial charge in [0.25, 0.3) is 0 Å². The summed E-state index contributed by atoms with van der Waals surface area (Å²) < 4.78 is 5.49. The average Bonchev–Trinajstić information content (AvgIpc) is 2.38. The summed E-state index contributed by atoms with van der Waals surface area (Å²) in [6.45, 7) is 0.461. The summed E-state index contributed by atoms with van der Waals surface area (Å²) >= 11 is 6.13. The average molecular weight is 297 g/mol. The van der Waals surface area contributed by atoms with Crippen molar-refractivity contribution >= 4 is 23.2 Å². The topological polar surface area (TPSA) is 55.6 Å². The van der Waals surface area contributed by atoms with Gasteiger partial charge >= 0.3 is 0 Å². The molecule has 0 spiro atoms. The number of nitrogens with two attached hydrogens (primary N) is 1. The number of anilines is 1. The molecule has 0 saturated heterocycles. The van der Waals surface area contributed by atoms with Gasteiger partial charge in [0.1, 0.15) is 0 Å². The second-order valence-electron chi connectivity index (χ2n) is 5.52. The monoisotopic (exact) mass is 296 g/mol. The minimum atomic E-state index is -0.245. The van der Waals surface area contributed by atoms with Crippen molar-refractivity contribution in [2.45, 2.75) is 37.8 Å². The number of halogens is 1. The Kier molecular flexibility index (Phi) is 4.55. The first-order chi connectivity index (χ1) is 9.46. The van der Waals surface area contributed by atoms with Crippen molar-refractivity contribution in [3.8, 4) is 0 Å². The molecular weight excluding hydrogens is 276 g/mol. The molecule has 2 N–H and O–H groups in total. The summed E-state index contributed by atoms with van der Waals surface area (Å²) in [5.41, 5.74) is 7.02. The van der Waals surface area contributed by atoms with Crippen molar-refractivity contribution in [2.24, 2.45) is 0 Å². The number of nitrogens with zero attached hydrogens (tertiary/aromatic N) is 1. The highest BCUT2D eigenvalue weighted by molar-refractivity contribution is 6.31. The zero-order valence-electron chi connectivity index (χ0n) is 12.0. The summed E-state index contributed by atoms with van der Waals surface area (Å²) in [7, 11) is 3.46. The first-order valence-corrected chi connectivity index (χ1v) is 7.16. The van der Waals surface area contributed by atoms with E-state index < -0.39 is 0 Å². The molecule has 1 aromatic carbocycles. The molecule has 0 radical (unpaired) electrons. The molecule has 1 aromatic rings. The molecule has 1 saturated carbocycles. The molecule has 0 unspecified atom stereocenters. The first kappa shape index (κ1) is 15.1. The van der Waals surface area contributed by atoms with E-state index in [-0.39, 0.29) is 11.5 Å². The maximum atomic E-state index is 12.3. The van der Waals surface area contributed by atoms with Crippen LogP contribution in [0.3, 0.4) is 0 Å². The number of hydrogen-bond acceptors (Lipinski definition) is 3. The van der Waals surface area contributed by atoms with Crippen LogP contribution in [-0.4, -0.2) is 30.6 Å². The second-order valence-corrected chi connectivity index (χ2v) is 5.93. The highest BCUT2D eigenvalue weighted by Gasteiger charge is 2.39. The molecule has 2 rings (SSSR count). The third-order valence-corrected chi connectivity index (χ3v) is 4.44. The fourth-order valence-corrected chi connectivity index (χ4v) is 2.67. The Balaban J connectivity index is 1.98. The van der Waals surface area contributed by atoms with Gasteiger partial charge in [-0.1, -0.05) is 11.6 Å². The van der Waals surface area contributed by atoms with E-state index in [9.17, 15) is 4.79 Å². The van der Waals surface area contributed by atoms with Crippen LogP contribution >= 0.6 is 11.6 Å². The minimum absolute atomic E-state index is 0.0741. The third kappa shape index (κ3) is 3.25. The summed E-state index contributed by atoms with van der Waals surface area (Å²) in [6, 6.07) is 5.32. The van der Waals surface area contributed by atoms with E-state index >= 15 is 0 Å². The maximum Gasteiger partial charge on any atom is 0.225 e. The Morgan fingerprint density at radius 2 is 2.20 bits per heavy atom. The van der Waals surface area contributed by atoms with Crippen LogP contribution in [0.2, 0.25) is 5.02 Å². The van der Waals surface area contributed by atoms with Gasteiger partial charge in [0.15, 0.2) is 0 Å². The van der Waals surface area contributed by atoms with Gasteiger partial charge in [-0.2, -0.15) is 0 Å². The lowest BCUT2D eigenvalue weighted by molar-refractivity contribution is -0.143. The van der Waals surface area contributed by atoms with Gasteiger partial charge in [-0.05, 0) is 43.0 Å². The number of carbonyl (C=O) groups is 1. The van der Waals surface area contributed by atoms with Crippen LogP contribution < -0.4 is 5.73 Å². The van der Waals surface area contributed by atoms with Crippen LogP contribution in [0.1, 0.15) is 31.2 Å². The Hall–Kier alpha value is -1.26. The molecule has 5 heteroatoms. The zero-order valence-corrected chi connectivity index (χ0v) is 12.7. The molecule has 110 valence electrons. The lowest BCUT2D eigenvalue weighted by atomic mass is 9.77. The van der Waals surface area contributed by atoms with E-state index in [2.05, 4.69) is 0 Å². The predicted molar refractivity (Wildman–Crippen MR) is 80.5 cm³/mol. The Morgan fingerprint density at radius 1 is 1.50 bits per heavy atom. The van der Waals surface area contributed by atoms with Crippen LogP contribution in [0.25, 0.3) is 0 Å². The number of amides is 1. The van der Waals surface area contributed by atoms with Gasteiger partial charge in [0, 0.05) is 31.4 Å². The number of nitrogen functional groups attached to an aromatic ring is 1. The number of ether oxygens (including phenoxy) is 1. The van der Waals surface area contributed by atoms with Gasteiger partial charge in [0.05, 0.1) is 12.0 Å². The predicted octanol–water partition coefficient (Wildman–Crippen LogP) is 2.84. The molecule has 1 amide bonds. The smallest absolute Gasteiger partial charge is 0.225 e. The highest BCUT2D eigenvalue weighted by atomic mass is 35.5. The number of benzene rings is 1. The van der Waals surface area contributed by atoms with Crippen molar-refractivity contribution < 1.29 is 9.53 Å². The quantitative estimate of drug-likeness (QED) is 0.850. The molecule has 1 aliphatic rings. The fraction of sp³-hybridized carbons (Fsp3) is 0.533. The molecule has 0 heterocycles. The lowest BCUT2D eigenvalue weighted by Crippen LogP contribution is -2.44. The Labute approximate surface area is 124 Å². The largest absolute Gasteiger partial charge is 0.399 e. The van der Waals surface area contributed by atoms with Crippen LogP contribution in [0.15, 0.2) is 18.2 Å². The molecule has 0 aliphatic heterocycles. The second kappa shape index (κ2) is 6.02. The van der Waals surface area contributed by atoms with Gasteiger partial charge in [0.2, 0.25) is 5.91 Å². The zero-order chi connectivity index (χ0) is 14.8. The van der Waals surface area contributed by atoms with Crippen LogP contribution in [0, 0.1) is 0 Å². The van der Waals surface area contributed by atoms with Crippen molar-refractivity contribution in [1.82, 2.24) is 4.90 Å². The fourth-order valence-electron chi connectivity index (χ4n) is 2.49. The van der Waals surface area contributed by atoms with Crippen molar-refractivity contribution in [2.75, 3.05) is 19.9 Å². The third-order valence-electron chi connectivity index (χ3n) is 4.07. The Bertz CT molecular complexity index is 495. The van der Waals surface area contributed by atoms with E-state index in [1.165, 1.54) is 0 Å². The van der Waals surface area contributed by atoms with Gasteiger partial charge in [-0.15, -0.1) is 0 Å². The molecular formula is C15H21ClN2O2. The van der Waals surface area contributed by atoms with Crippen molar-refractivity contribution in [3.63, 3.8) is 0 Å². The Morgan fingerprint density at radius 3 is 2.75 bits per heavy atom. The van der Waals surface area contributed by atoms with Gasteiger partial charge in [-0.3, -0.25) is 4.79 Å². The van der Waals surface area contributed by atoms with Crippen LogP contribution in [-0.2, 0) is 16.1 Å². The standard InChI is InChI=1S/C15H21ClN2O2/c1-18(10-11-8-12(17)4-5-13(11)16)14(19)9-15(20-2)6-3-7-15/h4-5,8H,3,6-7,9-10,17H2,1-2H3. The molecule has 0 aromatic heterocycles. The van der Waals surface area contributed by atoms with Crippen LogP contribution in [0.4, 0.5) is 5.69 Å². The molecule has 0 atom stereocenters.